The van der Waals surface area contributed by atoms with E-state index in [1.54, 1.807) is 0 Å². The van der Waals surface area contributed by atoms with Crippen LogP contribution in [0.3, 0.4) is 0 Å². The first-order chi connectivity index (χ1) is 29.9. The summed E-state index contributed by atoms with van der Waals surface area (Å²) in [5.41, 5.74) is 15.9. The number of unbranched alkanes of at least 4 members (excludes halogenated alkanes) is 1. The molecular formula is C56H55NO4. The fraction of sp³-hybridized carbons (Fsp3) is 0.250. The van der Waals surface area contributed by atoms with Crippen LogP contribution in [0.25, 0.3) is 22.3 Å². The fourth-order valence-corrected chi connectivity index (χ4v) is 9.16. The van der Waals surface area contributed by atoms with Crippen molar-refractivity contribution < 1.29 is 18.9 Å². The molecule has 308 valence electrons. The normalized spacial score (nSPS) is 14.7. The zero-order valence-corrected chi connectivity index (χ0v) is 36.1. The van der Waals surface area contributed by atoms with Crippen molar-refractivity contribution in [1.82, 2.24) is 0 Å². The predicted octanol–water partition coefficient (Wildman–Crippen LogP) is 14.5. The molecule has 0 saturated carbocycles. The average molecular weight is 806 g/mol. The van der Waals surface area contributed by atoms with Crippen LogP contribution in [0.15, 0.2) is 146 Å². The van der Waals surface area contributed by atoms with Gasteiger partial charge in [0, 0.05) is 12.3 Å². The molecule has 9 rings (SSSR count). The van der Waals surface area contributed by atoms with Gasteiger partial charge in [0.2, 0.25) is 0 Å². The number of ether oxygens (including phenoxy) is 4. The zero-order valence-electron chi connectivity index (χ0n) is 36.1. The lowest BCUT2D eigenvalue weighted by atomic mass is 9.67. The van der Waals surface area contributed by atoms with E-state index in [9.17, 15) is 0 Å². The maximum absolute atomic E-state index is 6.80. The van der Waals surface area contributed by atoms with E-state index in [-0.39, 0.29) is 0 Å². The fourth-order valence-electron chi connectivity index (χ4n) is 9.16. The minimum Gasteiger partial charge on any atom is -0.494 e. The van der Waals surface area contributed by atoms with Gasteiger partial charge in [0.1, 0.15) is 18.1 Å². The smallest absolute Gasteiger partial charge is 0.152 e. The lowest BCUT2D eigenvalue weighted by Gasteiger charge is -2.35. The van der Waals surface area contributed by atoms with Crippen molar-refractivity contribution >= 4 is 17.1 Å². The standard InChI is InChI=1S/C56H55NO4/c1-6-9-10-40-13-21-45(22-14-40)57-52-29-12-39(5)35-54(52)61-55-37-42(16-30-53(55)57)41-15-28-49-48-27-11-38(4)34-50(48)56(51(49)36-41,43-17-23-46(24-18-43)59-31-7-2)44-19-25-47(26-20-44)60-33-32-58-8-3/h11-30,34-37H,6-10,31-33H2,1-5H3. The molecule has 2 aliphatic rings. The molecule has 1 atom stereocenters. The van der Waals surface area contributed by atoms with Crippen molar-refractivity contribution in [3.63, 3.8) is 0 Å². The van der Waals surface area contributed by atoms with Crippen molar-refractivity contribution in [1.29, 1.82) is 0 Å². The summed E-state index contributed by atoms with van der Waals surface area (Å²) in [6.07, 6.45) is 4.43. The quantitative estimate of drug-likeness (QED) is 0.0965. The zero-order chi connectivity index (χ0) is 41.9. The minimum atomic E-state index is -0.610. The molecule has 0 saturated heterocycles. The van der Waals surface area contributed by atoms with Crippen LogP contribution in [0, 0.1) is 13.8 Å². The number of fused-ring (bicyclic) bond motifs is 5. The van der Waals surface area contributed by atoms with Gasteiger partial charge in [-0.1, -0.05) is 105 Å². The molecule has 7 aromatic rings. The van der Waals surface area contributed by atoms with Crippen molar-refractivity contribution in [2.45, 2.75) is 65.7 Å². The lowest BCUT2D eigenvalue weighted by Crippen LogP contribution is -2.28. The highest BCUT2D eigenvalue weighted by Gasteiger charge is 2.46. The van der Waals surface area contributed by atoms with Gasteiger partial charge in [0.05, 0.1) is 30.0 Å². The Kier molecular flexibility index (Phi) is 11.4. The predicted molar refractivity (Wildman–Crippen MR) is 250 cm³/mol. The Morgan fingerprint density at radius 3 is 1.77 bits per heavy atom. The second-order valence-electron chi connectivity index (χ2n) is 16.4. The summed E-state index contributed by atoms with van der Waals surface area (Å²) in [5, 5.41) is 0. The Labute approximate surface area is 361 Å². The van der Waals surface area contributed by atoms with E-state index < -0.39 is 5.41 Å². The van der Waals surface area contributed by atoms with Crippen LogP contribution < -0.4 is 19.1 Å². The van der Waals surface area contributed by atoms with E-state index in [1.807, 2.05) is 6.92 Å². The van der Waals surface area contributed by atoms with E-state index >= 15 is 0 Å². The molecule has 1 unspecified atom stereocenters. The Hall–Kier alpha value is -6.30. The van der Waals surface area contributed by atoms with Gasteiger partial charge in [-0.05, 0) is 162 Å². The number of hydrogen-bond acceptors (Lipinski definition) is 5. The van der Waals surface area contributed by atoms with Crippen molar-refractivity contribution in [2.75, 3.05) is 31.3 Å². The van der Waals surface area contributed by atoms with Crippen molar-refractivity contribution in [3.8, 4) is 45.3 Å². The highest BCUT2D eigenvalue weighted by atomic mass is 16.5. The highest BCUT2D eigenvalue weighted by Crippen LogP contribution is 2.58. The summed E-state index contributed by atoms with van der Waals surface area (Å²) in [6, 6.07) is 53.5. The third kappa shape index (κ3) is 7.57. The molecule has 61 heavy (non-hydrogen) atoms. The van der Waals surface area contributed by atoms with E-state index in [2.05, 4.69) is 178 Å². The Morgan fingerprint density at radius 1 is 0.525 bits per heavy atom. The van der Waals surface area contributed by atoms with E-state index in [1.165, 1.54) is 57.3 Å². The van der Waals surface area contributed by atoms with Crippen LogP contribution in [0.1, 0.15) is 79.0 Å². The molecule has 5 heteroatoms. The van der Waals surface area contributed by atoms with Crippen LogP contribution in [-0.2, 0) is 16.6 Å². The highest BCUT2D eigenvalue weighted by molar-refractivity contribution is 5.91. The molecule has 0 N–H and O–H groups in total. The molecule has 0 radical (unpaired) electrons. The Morgan fingerprint density at radius 2 is 1.10 bits per heavy atom. The van der Waals surface area contributed by atoms with Gasteiger partial charge in [0.25, 0.3) is 0 Å². The molecule has 0 fully saturated rings. The first-order valence-electron chi connectivity index (χ1n) is 22.0. The summed E-state index contributed by atoms with van der Waals surface area (Å²) in [6.45, 7) is 13.1. The maximum atomic E-state index is 6.80. The molecule has 0 spiro atoms. The Bertz CT molecular complexity index is 2650. The third-order valence-corrected chi connectivity index (χ3v) is 12.2. The molecule has 1 aliphatic heterocycles. The van der Waals surface area contributed by atoms with Gasteiger partial charge in [0.15, 0.2) is 11.5 Å². The number of nitrogens with zero attached hydrogens (tertiary/aromatic N) is 1. The lowest BCUT2D eigenvalue weighted by molar-refractivity contribution is 0.110. The van der Waals surface area contributed by atoms with Gasteiger partial charge in [-0.3, -0.25) is 0 Å². The first kappa shape index (κ1) is 40.1. The van der Waals surface area contributed by atoms with E-state index in [4.69, 9.17) is 18.9 Å². The maximum Gasteiger partial charge on any atom is 0.152 e. The molecule has 0 bridgehead atoms. The summed E-state index contributed by atoms with van der Waals surface area (Å²) in [4.78, 5) is 2.34. The number of aryl methyl sites for hydroxylation is 3. The van der Waals surface area contributed by atoms with Gasteiger partial charge in [-0.2, -0.15) is 0 Å². The number of anilines is 3. The monoisotopic (exact) mass is 805 g/mol. The minimum absolute atomic E-state index is 0.505. The summed E-state index contributed by atoms with van der Waals surface area (Å²) < 4.78 is 24.6. The van der Waals surface area contributed by atoms with Crippen LogP contribution >= 0.6 is 0 Å². The summed E-state index contributed by atoms with van der Waals surface area (Å²) >= 11 is 0. The molecule has 1 heterocycles. The SMILES string of the molecule is CCCCc1ccc(N2c3ccc(C)cc3Oc3cc(-c4ccc5c(c4)C(c4ccc(OCCC)cc4)(c4ccc(OCCOCC)cc4)c4cc(C)ccc4-5)ccc32)cc1. The summed E-state index contributed by atoms with van der Waals surface area (Å²) in [5.74, 6) is 3.39. The van der Waals surface area contributed by atoms with E-state index in [0.717, 1.165) is 69.6 Å². The molecule has 0 amide bonds. The van der Waals surface area contributed by atoms with Gasteiger partial charge >= 0.3 is 0 Å². The molecule has 0 aromatic heterocycles. The van der Waals surface area contributed by atoms with Crippen LogP contribution in [-0.4, -0.2) is 26.4 Å². The number of rotatable bonds is 15. The van der Waals surface area contributed by atoms with Gasteiger partial charge in [-0.15, -0.1) is 0 Å². The second-order valence-corrected chi connectivity index (χ2v) is 16.4. The number of hydrogen-bond donors (Lipinski definition) is 0. The van der Waals surface area contributed by atoms with Crippen LogP contribution in [0.4, 0.5) is 17.1 Å². The first-order valence-corrected chi connectivity index (χ1v) is 22.0. The Balaban J connectivity index is 1.17. The van der Waals surface area contributed by atoms with Crippen LogP contribution in [0.5, 0.6) is 23.0 Å². The summed E-state index contributed by atoms with van der Waals surface area (Å²) in [7, 11) is 0. The molecular weight excluding hydrogens is 751 g/mol. The second kappa shape index (κ2) is 17.4. The largest absolute Gasteiger partial charge is 0.494 e. The third-order valence-electron chi connectivity index (χ3n) is 12.2. The number of benzene rings is 7. The van der Waals surface area contributed by atoms with E-state index in [0.29, 0.717) is 26.4 Å². The van der Waals surface area contributed by atoms with Gasteiger partial charge in [-0.25, -0.2) is 0 Å². The molecule has 1 aliphatic carbocycles. The molecule has 7 aromatic carbocycles. The van der Waals surface area contributed by atoms with Gasteiger partial charge < -0.3 is 23.8 Å². The molecule has 5 nitrogen and oxygen atoms in total. The van der Waals surface area contributed by atoms with Crippen LogP contribution in [0.2, 0.25) is 0 Å². The average Bonchev–Trinajstić information content (AvgIpc) is 3.57. The topological polar surface area (TPSA) is 40.2 Å². The van der Waals surface area contributed by atoms with Crippen molar-refractivity contribution in [2.24, 2.45) is 0 Å². The van der Waals surface area contributed by atoms with Crippen molar-refractivity contribution in [3.05, 3.63) is 185 Å².